The summed E-state index contributed by atoms with van der Waals surface area (Å²) in [6.07, 6.45) is 2.36. The summed E-state index contributed by atoms with van der Waals surface area (Å²) in [7, 11) is 0. The molecule has 1 saturated carbocycles. The molecule has 3 heterocycles. The van der Waals surface area contributed by atoms with E-state index in [2.05, 4.69) is 25.6 Å². The van der Waals surface area contributed by atoms with E-state index in [0.717, 1.165) is 12.8 Å². The van der Waals surface area contributed by atoms with E-state index in [0.29, 0.717) is 29.4 Å². The van der Waals surface area contributed by atoms with Gasteiger partial charge in [-0.15, -0.1) is 0 Å². The Morgan fingerprint density at radius 1 is 1.41 bits per heavy atom. The van der Waals surface area contributed by atoms with Crippen LogP contribution in [0.15, 0.2) is 6.33 Å². The van der Waals surface area contributed by atoms with Crippen LogP contribution in [0.1, 0.15) is 60.1 Å². The molecule has 0 radical (unpaired) electrons. The predicted octanol–water partition coefficient (Wildman–Crippen LogP) is 3.67. The standard InChI is InChI=1S/C20H29FN6O2/c1-6-20(5)11(4)13(21)18(29-20)27-9-22-14-15(23-12-7-8-12)24-19(25-16(14)27)26-17(28)10(2)3/h9-13,18H,6-8H2,1-5H3,(H2,23,24,25,26,28)/t11-,13+,18+,20+/m0/s1. The predicted molar refractivity (Wildman–Crippen MR) is 108 cm³/mol. The summed E-state index contributed by atoms with van der Waals surface area (Å²) < 4.78 is 23.0. The van der Waals surface area contributed by atoms with Crippen LogP contribution < -0.4 is 10.6 Å². The zero-order valence-corrected chi connectivity index (χ0v) is 17.6. The van der Waals surface area contributed by atoms with E-state index in [-0.39, 0.29) is 23.7 Å². The van der Waals surface area contributed by atoms with Gasteiger partial charge in [0.15, 0.2) is 29.4 Å². The molecule has 2 aromatic heterocycles. The largest absolute Gasteiger partial charge is 0.365 e. The average Bonchev–Trinajstić information content (AvgIpc) is 3.35. The second-order valence-electron chi connectivity index (χ2n) is 8.69. The van der Waals surface area contributed by atoms with E-state index in [9.17, 15) is 4.79 Å². The molecule has 0 unspecified atom stereocenters. The molecule has 29 heavy (non-hydrogen) atoms. The van der Waals surface area contributed by atoms with Crippen molar-refractivity contribution in [3.63, 3.8) is 0 Å². The Labute approximate surface area is 169 Å². The number of imidazole rings is 1. The van der Waals surface area contributed by atoms with Gasteiger partial charge in [0.05, 0.1) is 11.9 Å². The molecule has 9 heteroatoms. The second-order valence-corrected chi connectivity index (χ2v) is 8.69. The molecule has 0 bridgehead atoms. The number of amides is 1. The van der Waals surface area contributed by atoms with Crippen LogP contribution >= 0.6 is 0 Å². The molecule has 1 saturated heterocycles. The number of aromatic nitrogens is 4. The van der Waals surface area contributed by atoms with Crippen LogP contribution in [-0.4, -0.2) is 43.2 Å². The number of fused-ring (bicyclic) bond motifs is 1. The van der Waals surface area contributed by atoms with Gasteiger partial charge in [0.25, 0.3) is 0 Å². The quantitative estimate of drug-likeness (QED) is 0.763. The van der Waals surface area contributed by atoms with Crippen LogP contribution in [0.3, 0.4) is 0 Å². The number of alkyl halides is 1. The second kappa shape index (κ2) is 7.19. The van der Waals surface area contributed by atoms with Gasteiger partial charge in [0, 0.05) is 17.9 Å². The number of anilines is 2. The Morgan fingerprint density at radius 2 is 2.14 bits per heavy atom. The van der Waals surface area contributed by atoms with E-state index in [1.54, 1.807) is 24.7 Å². The first kappa shape index (κ1) is 20.0. The Balaban J connectivity index is 1.76. The van der Waals surface area contributed by atoms with Crippen molar-refractivity contribution in [2.45, 2.75) is 77.9 Å². The number of carbonyl (C=O) groups excluding carboxylic acids is 1. The van der Waals surface area contributed by atoms with Crippen LogP contribution in [0.4, 0.5) is 16.2 Å². The number of nitrogens with zero attached hydrogens (tertiary/aromatic N) is 4. The maximum atomic E-state index is 15.2. The highest BCUT2D eigenvalue weighted by atomic mass is 19.1. The van der Waals surface area contributed by atoms with Gasteiger partial charge < -0.3 is 10.1 Å². The number of nitrogens with one attached hydrogen (secondary N) is 2. The SMILES string of the molecule is CC[C@@]1(C)O[C@@H](n2cnc3c(NC4CC4)nc(NC(=O)C(C)C)nc32)[C@H](F)[C@@H]1C. The van der Waals surface area contributed by atoms with E-state index in [4.69, 9.17) is 4.74 Å². The maximum Gasteiger partial charge on any atom is 0.233 e. The fourth-order valence-electron chi connectivity index (χ4n) is 3.58. The summed E-state index contributed by atoms with van der Waals surface area (Å²) in [5, 5.41) is 6.09. The minimum atomic E-state index is -1.19. The third-order valence-electron chi connectivity index (χ3n) is 6.18. The van der Waals surface area contributed by atoms with Crippen molar-refractivity contribution in [3.05, 3.63) is 6.33 Å². The lowest BCUT2D eigenvalue weighted by molar-refractivity contribution is -0.118. The first-order chi connectivity index (χ1) is 13.7. The third-order valence-corrected chi connectivity index (χ3v) is 6.18. The fourth-order valence-corrected chi connectivity index (χ4v) is 3.58. The summed E-state index contributed by atoms with van der Waals surface area (Å²) in [6.45, 7) is 9.41. The molecule has 0 spiro atoms. The van der Waals surface area contributed by atoms with Crippen molar-refractivity contribution in [3.8, 4) is 0 Å². The molecule has 2 aliphatic rings. The monoisotopic (exact) mass is 404 g/mol. The van der Waals surface area contributed by atoms with Crippen molar-refractivity contribution < 1.29 is 13.9 Å². The third kappa shape index (κ3) is 3.56. The lowest BCUT2D eigenvalue weighted by Gasteiger charge is -2.26. The molecule has 4 atom stereocenters. The molecule has 8 nitrogen and oxygen atoms in total. The van der Waals surface area contributed by atoms with Gasteiger partial charge in [-0.3, -0.25) is 14.7 Å². The Kier molecular flexibility index (Phi) is 4.96. The molecule has 4 rings (SSSR count). The van der Waals surface area contributed by atoms with E-state index in [1.807, 2.05) is 20.8 Å². The number of rotatable bonds is 6. The van der Waals surface area contributed by atoms with E-state index >= 15 is 4.39 Å². The maximum absolute atomic E-state index is 15.2. The molecule has 2 N–H and O–H groups in total. The van der Waals surface area contributed by atoms with E-state index in [1.165, 1.54) is 0 Å². The summed E-state index contributed by atoms with van der Waals surface area (Å²) in [4.78, 5) is 25.6. The van der Waals surface area contributed by atoms with Gasteiger partial charge in [0.1, 0.15) is 0 Å². The molecule has 158 valence electrons. The summed E-state index contributed by atoms with van der Waals surface area (Å²) in [6, 6.07) is 0.340. The molecule has 1 aliphatic carbocycles. The normalized spacial score (nSPS) is 29.6. The van der Waals surface area contributed by atoms with Crippen LogP contribution in [-0.2, 0) is 9.53 Å². The van der Waals surface area contributed by atoms with Crippen molar-refractivity contribution in [1.29, 1.82) is 0 Å². The highest BCUT2D eigenvalue weighted by Gasteiger charge is 2.50. The van der Waals surface area contributed by atoms with Gasteiger partial charge in [-0.25, -0.2) is 9.37 Å². The van der Waals surface area contributed by atoms with Gasteiger partial charge >= 0.3 is 0 Å². The van der Waals surface area contributed by atoms with Crippen LogP contribution in [0, 0.1) is 11.8 Å². The van der Waals surface area contributed by atoms with Gasteiger partial charge in [-0.1, -0.05) is 27.7 Å². The molecule has 1 amide bonds. The van der Waals surface area contributed by atoms with Gasteiger partial charge in [-0.05, 0) is 26.2 Å². The van der Waals surface area contributed by atoms with Gasteiger partial charge in [0.2, 0.25) is 11.9 Å². The average molecular weight is 404 g/mol. The Bertz CT molecular complexity index is 927. The summed E-state index contributed by atoms with van der Waals surface area (Å²) >= 11 is 0. The number of hydrogen-bond acceptors (Lipinski definition) is 6. The van der Waals surface area contributed by atoms with Crippen LogP contribution in [0.25, 0.3) is 11.2 Å². The lowest BCUT2D eigenvalue weighted by atomic mass is 9.87. The van der Waals surface area contributed by atoms with Crippen molar-refractivity contribution in [2.75, 3.05) is 10.6 Å². The zero-order valence-electron chi connectivity index (χ0n) is 17.6. The summed E-state index contributed by atoms with van der Waals surface area (Å²) in [5.74, 6) is 0.0794. The molecule has 2 aromatic rings. The van der Waals surface area contributed by atoms with Crippen LogP contribution in [0.2, 0.25) is 0 Å². The fraction of sp³-hybridized carbons (Fsp3) is 0.700. The zero-order chi connectivity index (χ0) is 20.9. The van der Waals surface area contributed by atoms with E-state index < -0.39 is 18.0 Å². The lowest BCUT2D eigenvalue weighted by Crippen LogP contribution is -2.31. The van der Waals surface area contributed by atoms with Gasteiger partial charge in [-0.2, -0.15) is 9.97 Å². The Morgan fingerprint density at radius 3 is 2.72 bits per heavy atom. The first-order valence-corrected chi connectivity index (χ1v) is 10.4. The molecule has 0 aromatic carbocycles. The number of ether oxygens (including phenoxy) is 1. The molecule has 1 aliphatic heterocycles. The van der Waals surface area contributed by atoms with Crippen molar-refractivity contribution in [2.24, 2.45) is 11.8 Å². The van der Waals surface area contributed by atoms with Crippen molar-refractivity contribution >= 4 is 28.8 Å². The molecular formula is C20H29FN6O2. The van der Waals surface area contributed by atoms with Crippen molar-refractivity contribution in [1.82, 2.24) is 19.5 Å². The highest BCUT2D eigenvalue weighted by Crippen LogP contribution is 2.45. The molecular weight excluding hydrogens is 375 g/mol. The minimum absolute atomic E-state index is 0.180. The number of hydrogen-bond donors (Lipinski definition) is 2. The molecule has 2 fully saturated rings. The number of halogens is 1. The first-order valence-electron chi connectivity index (χ1n) is 10.4. The smallest absolute Gasteiger partial charge is 0.233 e. The Hall–Kier alpha value is -2.29. The van der Waals surface area contributed by atoms with Crippen LogP contribution in [0.5, 0.6) is 0 Å². The summed E-state index contributed by atoms with van der Waals surface area (Å²) in [5.41, 5.74) is 0.438. The highest BCUT2D eigenvalue weighted by molar-refractivity contribution is 5.92. The number of carbonyl (C=O) groups is 1. The minimum Gasteiger partial charge on any atom is -0.365 e. The topological polar surface area (TPSA) is 94.0 Å².